The van der Waals surface area contributed by atoms with Crippen LogP contribution in [0.25, 0.3) is 10.6 Å². The van der Waals surface area contributed by atoms with Gasteiger partial charge < -0.3 is 10.2 Å². The van der Waals surface area contributed by atoms with E-state index >= 15 is 0 Å². The number of carbonyl (C=O) groups excluding carboxylic acids is 2. The summed E-state index contributed by atoms with van der Waals surface area (Å²) in [6.45, 7) is 1.84. The van der Waals surface area contributed by atoms with Gasteiger partial charge in [0, 0.05) is 35.6 Å². The monoisotopic (exact) mass is 403 g/mol. The third-order valence-corrected chi connectivity index (χ3v) is 6.39. The molecule has 0 fully saturated rings. The normalized spacial score (nSPS) is 10.6. The number of aryl methyl sites for hydroxylation is 1. The van der Waals surface area contributed by atoms with Crippen molar-refractivity contribution in [3.63, 3.8) is 0 Å². The highest BCUT2D eigenvalue weighted by Gasteiger charge is 2.17. The van der Waals surface area contributed by atoms with E-state index < -0.39 is 0 Å². The molecule has 134 valence electrons. The van der Waals surface area contributed by atoms with E-state index in [1.165, 1.54) is 16.2 Å². The van der Waals surface area contributed by atoms with E-state index in [0.29, 0.717) is 10.6 Å². The Labute approximate surface area is 164 Å². The molecule has 2 aromatic heterocycles. The molecule has 26 heavy (non-hydrogen) atoms. The lowest BCUT2D eigenvalue weighted by Crippen LogP contribution is -2.16. The molecule has 2 amide bonds. The average molecular weight is 404 g/mol. The maximum Gasteiger partial charge on any atom is 0.285 e. The van der Waals surface area contributed by atoms with Gasteiger partial charge in [0.15, 0.2) is 0 Å². The highest BCUT2D eigenvalue weighted by atomic mass is 32.2. The van der Waals surface area contributed by atoms with Gasteiger partial charge in [-0.05, 0) is 54.4 Å². The van der Waals surface area contributed by atoms with Crippen LogP contribution in [-0.2, 0) is 0 Å². The van der Waals surface area contributed by atoms with Crippen LogP contribution < -0.4 is 5.32 Å². The van der Waals surface area contributed by atoms with Crippen LogP contribution in [0.1, 0.15) is 15.4 Å². The predicted molar refractivity (Wildman–Crippen MR) is 109 cm³/mol. The molecule has 3 aromatic rings. The number of thiophene rings is 1. The highest BCUT2D eigenvalue weighted by Crippen LogP contribution is 2.30. The third-order valence-electron chi connectivity index (χ3n) is 3.45. The van der Waals surface area contributed by atoms with Gasteiger partial charge in [-0.15, -0.1) is 11.3 Å². The molecule has 0 aliphatic rings. The zero-order valence-electron chi connectivity index (χ0n) is 14.5. The molecular formula is C18H17N3O2S3. The number of amides is 2. The maximum absolute atomic E-state index is 12.6. The van der Waals surface area contributed by atoms with Gasteiger partial charge in [-0.3, -0.25) is 9.59 Å². The van der Waals surface area contributed by atoms with Crippen molar-refractivity contribution < 1.29 is 9.59 Å². The molecule has 1 N–H and O–H groups in total. The number of rotatable bonds is 4. The smallest absolute Gasteiger partial charge is 0.285 e. The van der Waals surface area contributed by atoms with Crippen LogP contribution in [-0.4, -0.2) is 35.1 Å². The summed E-state index contributed by atoms with van der Waals surface area (Å²) in [5, 5.41) is 7.71. The predicted octanol–water partition coefficient (Wildman–Crippen LogP) is 5.21. The van der Waals surface area contributed by atoms with Crippen LogP contribution >= 0.6 is 34.4 Å². The Kier molecular flexibility index (Phi) is 5.75. The molecule has 0 saturated carbocycles. The number of benzene rings is 1. The van der Waals surface area contributed by atoms with Crippen molar-refractivity contribution >= 4 is 51.3 Å². The number of carbonyl (C=O) groups is 2. The summed E-state index contributed by atoms with van der Waals surface area (Å²) in [6.07, 6.45) is 0. The average Bonchev–Trinajstić information content (AvgIpc) is 3.25. The minimum Gasteiger partial charge on any atom is -0.339 e. The van der Waals surface area contributed by atoms with E-state index in [4.69, 9.17) is 0 Å². The number of nitrogens with zero attached hydrogens (tertiary/aromatic N) is 2. The molecule has 0 radical (unpaired) electrons. The first-order chi connectivity index (χ1) is 12.4. The van der Waals surface area contributed by atoms with E-state index in [2.05, 4.69) is 10.3 Å². The molecule has 1 aromatic carbocycles. The summed E-state index contributed by atoms with van der Waals surface area (Å²) in [4.78, 5) is 31.7. The Hall–Kier alpha value is -2.16. The lowest BCUT2D eigenvalue weighted by molar-refractivity contribution is 0.103. The van der Waals surface area contributed by atoms with Gasteiger partial charge in [-0.25, -0.2) is 4.98 Å². The number of thioether (sulfide) groups is 1. The van der Waals surface area contributed by atoms with Crippen molar-refractivity contribution in [2.24, 2.45) is 0 Å². The Bertz CT molecular complexity index is 916. The van der Waals surface area contributed by atoms with Crippen molar-refractivity contribution in [2.75, 3.05) is 19.4 Å². The lowest BCUT2D eigenvalue weighted by atomic mass is 10.3. The summed E-state index contributed by atoms with van der Waals surface area (Å²) in [5.41, 5.74) is 2.44. The summed E-state index contributed by atoms with van der Waals surface area (Å²) >= 11 is 4.14. The van der Waals surface area contributed by atoms with Crippen molar-refractivity contribution in [2.45, 2.75) is 11.8 Å². The number of anilines is 1. The van der Waals surface area contributed by atoms with Crippen LogP contribution in [0.2, 0.25) is 0 Å². The van der Waals surface area contributed by atoms with Gasteiger partial charge in [-0.2, -0.15) is 11.3 Å². The second-order valence-corrected chi connectivity index (χ2v) is 8.49. The number of hydrogen-bond donors (Lipinski definition) is 1. The van der Waals surface area contributed by atoms with Crippen molar-refractivity contribution in [3.8, 4) is 10.6 Å². The second kappa shape index (κ2) is 8.03. The molecule has 0 aliphatic carbocycles. The fraction of sp³-hybridized carbons (Fsp3) is 0.167. The zero-order chi connectivity index (χ0) is 18.7. The SMILES string of the molecule is Cc1nc(-c2ccsc2)sc1C(=O)Nc1ccc(SC(=O)N(C)C)cc1. The standard InChI is InChI=1S/C18H17N3O2S3/c1-11-15(26-17(19-11)12-8-9-24-10-12)16(22)20-13-4-6-14(7-5-13)25-18(23)21(2)3/h4-10H,1-3H3,(H,20,22). The largest absolute Gasteiger partial charge is 0.339 e. The zero-order valence-corrected chi connectivity index (χ0v) is 16.9. The quantitative estimate of drug-likeness (QED) is 0.608. The van der Waals surface area contributed by atoms with E-state index in [9.17, 15) is 9.59 Å². The first kappa shape index (κ1) is 18.6. The third kappa shape index (κ3) is 4.32. The Morgan fingerprint density at radius 2 is 1.88 bits per heavy atom. The van der Waals surface area contributed by atoms with Gasteiger partial charge in [0.2, 0.25) is 0 Å². The molecule has 0 aliphatic heterocycles. The molecule has 8 heteroatoms. The summed E-state index contributed by atoms with van der Waals surface area (Å²) in [7, 11) is 3.43. The first-order valence-electron chi connectivity index (χ1n) is 7.74. The summed E-state index contributed by atoms with van der Waals surface area (Å²) in [6, 6.07) is 9.21. The Balaban J connectivity index is 1.69. The summed E-state index contributed by atoms with van der Waals surface area (Å²) in [5.74, 6) is -0.175. The highest BCUT2D eigenvalue weighted by molar-refractivity contribution is 8.13. The van der Waals surface area contributed by atoms with Crippen LogP contribution in [0, 0.1) is 6.92 Å². The molecular weight excluding hydrogens is 386 g/mol. The number of hydrogen-bond acceptors (Lipinski definition) is 6. The van der Waals surface area contributed by atoms with Gasteiger partial charge >= 0.3 is 0 Å². The van der Waals surface area contributed by atoms with Gasteiger partial charge in [0.05, 0.1) is 5.69 Å². The van der Waals surface area contributed by atoms with E-state index in [-0.39, 0.29) is 11.1 Å². The molecule has 5 nitrogen and oxygen atoms in total. The molecule has 0 atom stereocenters. The topological polar surface area (TPSA) is 62.3 Å². The lowest BCUT2D eigenvalue weighted by Gasteiger charge is -2.09. The van der Waals surface area contributed by atoms with E-state index in [1.54, 1.807) is 37.6 Å². The Morgan fingerprint density at radius 3 is 2.50 bits per heavy atom. The minimum atomic E-state index is -0.175. The van der Waals surface area contributed by atoms with Crippen LogP contribution in [0.3, 0.4) is 0 Å². The van der Waals surface area contributed by atoms with Crippen molar-refractivity contribution in [1.29, 1.82) is 0 Å². The van der Waals surface area contributed by atoms with Gasteiger partial charge in [0.25, 0.3) is 11.1 Å². The molecule has 0 saturated heterocycles. The fourth-order valence-electron chi connectivity index (χ4n) is 2.10. The van der Waals surface area contributed by atoms with E-state index in [1.807, 2.05) is 35.9 Å². The molecule has 0 spiro atoms. The first-order valence-corrected chi connectivity index (χ1v) is 10.3. The number of nitrogens with one attached hydrogen (secondary N) is 1. The molecule has 3 rings (SSSR count). The fourth-order valence-corrected chi connectivity index (χ4v) is 4.43. The van der Waals surface area contributed by atoms with Gasteiger partial charge in [-0.1, -0.05) is 0 Å². The summed E-state index contributed by atoms with van der Waals surface area (Å²) < 4.78 is 0. The van der Waals surface area contributed by atoms with Crippen molar-refractivity contribution in [3.05, 3.63) is 51.7 Å². The second-order valence-electron chi connectivity index (χ2n) is 5.69. The van der Waals surface area contributed by atoms with Crippen LogP contribution in [0.5, 0.6) is 0 Å². The number of aromatic nitrogens is 1. The molecule has 0 unspecified atom stereocenters. The van der Waals surface area contributed by atoms with Gasteiger partial charge in [0.1, 0.15) is 9.88 Å². The van der Waals surface area contributed by atoms with Crippen molar-refractivity contribution in [1.82, 2.24) is 9.88 Å². The van der Waals surface area contributed by atoms with E-state index in [0.717, 1.165) is 32.9 Å². The molecule has 0 bridgehead atoms. The minimum absolute atomic E-state index is 0.0389. The van der Waals surface area contributed by atoms with Crippen LogP contribution in [0.4, 0.5) is 10.5 Å². The number of thiazole rings is 1. The maximum atomic E-state index is 12.6. The Morgan fingerprint density at radius 1 is 1.15 bits per heavy atom. The van der Waals surface area contributed by atoms with Crippen LogP contribution in [0.15, 0.2) is 46.0 Å². The molecule has 2 heterocycles.